The summed E-state index contributed by atoms with van der Waals surface area (Å²) in [6.07, 6.45) is 0. The summed E-state index contributed by atoms with van der Waals surface area (Å²) in [7, 11) is 0. The smallest absolute Gasteiger partial charge is 0.258 e. The zero-order valence-corrected chi connectivity index (χ0v) is 12.9. The molecule has 4 heteroatoms. The molecule has 0 aromatic heterocycles. The third-order valence-corrected chi connectivity index (χ3v) is 4.06. The first-order valence-electron chi connectivity index (χ1n) is 6.37. The van der Waals surface area contributed by atoms with Crippen LogP contribution in [0.4, 0.5) is 10.1 Å². The van der Waals surface area contributed by atoms with E-state index in [2.05, 4.69) is 15.9 Å². The Kier molecular flexibility index (Phi) is 4.55. The van der Waals surface area contributed by atoms with Crippen LogP contribution in [-0.4, -0.2) is 12.5 Å². The molecule has 0 saturated heterocycles. The molecule has 0 unspecified atom stereocenters. The maximum absolute atomic E-state index is 13.0. The van der Waals surface area contributed by atoms with Gasteiger partial charge in [-0.2, -0.15) is 0 Å². The molecule has 2 nitrogen and oxygen atoms in total. The lowest BCUT2D eigenvalue weighted by Gasteiger charge is -2.22. The second kappa shape index (κ2) is 6.18. The highest BCUT2D eigenvalue weighted by Crippen LogP contribution is 2.23. The van der Waals surface area contributed by atoms with Crippen LogP contribution in [0.5, 0.6) is 0 Å². The molecule has 0 aliphatic rings. The van der Waals surface area contributed by atoms with E-state index >= 15 is 0 Å². The average molecular weight is 336 g/mol. The van der Waals surface area contributed by atoms with E-state index in [1.165, 1.54) is 12.1 Å². The molecule has 0 N–H and O–H groups in total. The molecule has 0 atom stereocenters. The molecular formula is C16H15BrFNO. The van der Waals surface area contributed by atoms with Crippen molar-refractivity contribution in [3.63, 3.8) is 0 Å². The molecule has 0 fully saturated rings. The van der Waals surface area contributed by atoms with Gasteiger partial charge in [0, 0.05) is 22.3 Å². The van der Waals surface area contributed by atoms with Gasteiger partial charge in [0.15, 0.2) is 0 Å². The van der Waals surface area contributed by atoms with Gasteiger partial charge in [0.25, 0.3) is 5.91 Å². The van der Waals surface area contributed by atoms with E-state index in [1.807, 2.05) is 26.0 Å². The van der Waals surface area contributed by atoms with E-state index in [0.717, 1.165) is 10.0 Å². The number of nitrogens with zero attached hydrogens (tertiary/aromatic N) is 1. The van der Waals surface area contributed by atoms with Crippen molar-refractivity contribution >= 4 is 27.5 Å². The topological polar surface area (TPSA) is 20.3 Å². The quantitative estimate of drug-likeness (QED) is 0.804. The van der Waals surface area contributed by atoms with Crippen LogP contribution in [0.25, 0.3) is 0 Å². The van der Waals surface area contributed by atoms with Gasteiger partial charge in [-0.25, -0.2) is 4.39 Å². The van der Waals surface area contributed by atoms with Crippen molar-refractivity contribution in [1.82, 2.24) is 0 Å². The highest BCUT2D eigenvalue weighted by atomic mass is 79.9. The summed E-state index contributed by atoms with van der Waals surface area (Å²) in [6, 6.07) is 11.5. The number of hydrogen-bond donors (Lipinski definition) is 0. The predicted octanol–water partition coefficient (Wildman–Crippen LogP) is 4.56. The number of benzene rings is 2. The number of rotatable bonds is 3. The Balaban J connectivity index is 2.39. The summed E-state index contributed by atoms with van der Waals surface area (Å²) in [4.78, 5) is 14.3. The number of amides is 1. The fourth-order valence-electron chi connectivity index (χ4n) is 2.05. The van der Waals surface area contributed by atoms with Crippen molar-refractivity contribution in [3.05, 3.63) is 63.9 Å². The van der Waals surface area contributed by atoms with Crippen LogP contribution in [0.15, 0.2) is 46.9 Å². The van der Waals surface area contributed by atoms with Crippen molar-refractivity contribution < 1.29 is 9.18 Å². The highest BCUT2D eigenvalue weighted by Gasteiger charge is 2.18. The Morgan fingerprint density at radius 1 is 1.20 bits per heavy atom. The molecule has 0 radical (unpaired) electrons. The Morgan fingerprint density at radius 2 is 1.85 bits per heavy atom. The number of carbonyl (C=O) groups excluding carboxylic acids is 1. The average Bonchev–Trinajstić information content (AvgIpc) is 2.44. The van der Waals surface area contributed by atoms with Gasteiger partial charge in [0.1, 0.15) is 5.82 Å². The zero-order chi connectivity index (χ0) is 14.7. The van der Waals surface area contributed by atoms with Gasteiger partial charge in [0.05, 0.1) is 0 Å². The maximum Gasteiger partial charge on any atom is 0.258 e. The molecule has 2 aromatic carbocycles. The van der Waals surface area contributed by atoms with Gasteiger partial charge >= 0.3 is 0 Å². The van der Waals surface area contributed by atoms with Crippen molar-refractivity contribution in [2.45, 2.75) is 13.8 Å². The molecule has 2 aromatic rings. The second-order valence-electron chi connectivity index (χ2n) is 4.44. The van der Waals surface area contributed by atoms with Crippen molar-refractivity contribution in [1.29, 1.82) is 0 Å². The van der Waals surface area contributed by atoms with Crippen LogP contribution < -0.4 is 4.90 Å². The molecule has 0 bridgehead atoms. The predicted molar refractivity (Wildman–Crippen MR) is 82.6 cm³/mol. The summed E-state index contributed by atoms with van der Waals surface area (Å²) in [5, 5.41) is 0. The summed E-state index contributed by atoms with van der Waals surface area (Å²) < 4.78 is 13.9. The Hall–Kier alpha value is -1.68. The lowest BCUT2D eigenvalue weighted by Crippen LogP contribution is -2.31. The fraction of sp³-hybridized carbons (Fsp3) is 0.188. The molecular weight excluding hydrogens is 321 g/mol. The molecule has 2 rings (SSSR count). The SMILES string of the molecule is CCN(C(=O)c1cccc(Br)c1C)c1ccc(F)cc1. The van der Waals surface area contributed by atoms with Crippen molar-refractivity contribution in [2.75, 3.05) is 11.4 Å². The van der Waals surface area contributed by atoms with Crippen LogP contribution in [0.1, 0.15) is 22.8 Å². The Morgan fingerprint density at radius 3 is 2.45 bits per heavy atom. The summed E-state index contributed by atoms with van der Waals surface area (Å²) in [5.74, 6) is -0.395. The third kappa shape index (κ3) is 2.90. The largest absolute Gasteiger partial charge is 0.309 e. The van der Waals surface area contributed by atoms with Crippen LogP contribution in [0.3, 0.4) is 0 Å². The first-order chi connectivity index (χ1) is 9.54. The first-order valence-corrected chi connectivity index (χ1v) is 7.16. The van der Waals surface area contributed by atoms with E-state index in [4.69, 9.17) is 0 Å². The Bertz CT molecular complexity index is 625. The number of anilines is 1. The molecule has 0 saturated carbocycles. The maximum atomic E-state index is 13.0. The number of hydrogen-bond acceptors (Lipinski definition) is 1. The molecule has 1 amide bonds. The van der Waals surface area contributed by atoms with Crippen molar-refractivity contribution in [3.8, 4) is 0 Å². The Labute approximate surface area is 126 Å². The van der Waals surface area contributed by atoms with Gasteiger partial charge in [-0.15, -0.1) is 0 Å². The van der Waals surface area contributed by atoms with E-state index in [1.54, 1.807) is 23.1 Å². The third-order valence-electron chi connectivity index (χ3n) is 3.20. The lowest BCUT2D eigenvalue weighted by molar-refractivity contribution is 0.0987. The number of halogens is 2. The van der Waals surface area contributed by atoms with Crippen LogP contribution in [0, 0.1) is 12.7 Å². The summed E-state index contributed by atoms with van der Waals surface area (Å²) >= 11 is 3.43. The molecule has 104 valence electrons. The molecule has 20 heavy (non-hydrogen) atoms. The second-order valence-corrected chi connectivity index (χ2v) is 5.29. The zero-order valence-electron chi connectivity index (χ0n) is 11.4. The van der Waals surface area contributed by atoms with E-state index in [0.29, 0.717) is 17.8 Å². The van der Waals surface area contributed by atoms with E-state index in [-0.39, 0.29) is 11.7 Å². The molecule has 0 spiro atoms. The first kappa shape index (κ1) is 14.7. The fourth-order valence-corrected chi connectivity index (χ4v) is 2.42. The van der Waals surface area contributed by atoms with Gasteiger partial charge in [-0.3, -0.25) is 4.79 Å². The minimum absolute atomic E-state index is 0.0853. The van der Waals surface area contributed by atoms with Gasteiger partial charge in [-0.1, -0.05) is 22.0 Å². The molecule has 0 aliphatic carbocycles. The van der Waals surface area contributed by atoms with Crippen LogP contribution in [0.2, 0.25) is 0 Å². The standard InChI is InChI=1S/C16H15BrFNO/c1-3-19(13-9-7-12(18)8-10-13)16(20)14-5-4-6-15(17)11(14)2/h4-10H,3H2,1-2H3. The van der Waals surface area contributed by atoms with Gasteiger partial charge in [-0.05, 0) is 55.8 Å². The highest BCUT2D eigenvalue weighted by molar-refractivity contribution is 9.10. The van der Waals surface area contributed by atoms with Crippen LogP contribution >= 0.6 is 15.9 Å². The van der Waals surface area contributed by atoms with E-state index in [9.17, 15) is 9.18 Å². The number of carbonyl (C=O) groups is 1. The van der Waals surface area contributed by atoms with Crippen molar-refractivity contribution in [2.24, 2.45) is 0 Å². The summed E-state index contributed by atoms with van der Waals surface area (Å²) in [6.45, 7) is 4.32. The lowest BCUT2D eigenvalue weighted by atomic mass is 10.1. The summed E-state index contributed by atoms with van der Waals surface area (Å²) in [5.41, 5.74) is 2.24. The minimum Gasteiger partial charge on any atom is -0.309 e. The monoisotopic (exact) mass is 335 g/mol. The molecule has 0 aliphatic heterocycles. The molecule has 0 heterocycles. The minimum atomic E-state index is -0.309. The van der Waals surface area contributed by atoms with Crippen LogP contribution in [-0.2, 0) is 0 Å². The van der Waals surface area contributed by atoms with Gasteiger partial charge in [0.2, 0.25) is 0 Å². The van der Waals surface area contributed by atoms with E-state index < -0.39 is 0 Å². The normalized spacial score (nSPS) is 10.4. The van der Waals surface area contributed by atoms with Gasteiger partial charge < -0.3 is 4.90 Å².